The number of nitrogens with zero attached hydrogens (tertiary/aromatic N) is 4. The molecule has 7 nitrogen and oxygen atoms in total. The van der Waals surface area contributed by atoms with Crippen molar-refractivity contribution in [1.29, 1.82) is 0 Å². The maximum atomic E-state index is 14.4. The van der Waals surface area contributed by atoms with Crippen molar-refractivity contribution < 1.29 is 19.2 Å². The van der Waals surface area contributed by atoms with Gasteiger partial charge >= 0.3 is 0 Å². The highest BCUT2D eigenvalue weighted by Crippen LogP contribution is 2.38. The number of rotatable bonds is 3. The van der Waals surface area contributed by atoms with E-state index in [2.05, 4.69) is 15.4 Å². The van der Waals surface area contributed by atoms with Gasteiger partial charge in [0.2, 0.25) is 0 Å². The van der Waals surface area contributed by atoms with E-state index in [-0.39, 0.29) is 11.3 Å². The van der Waals surface area contributed by atoms with Crippen molar-refractivity contribution in [2.45, 2.75) is 13.8 Å². The monoisotopic (exact) mass is 330 g/mol. The van der Waals surface area contributed by atoms with E-state index in [0.717, 1.165) is 6.07 Å². The van der Waals surface area contributed by atoms with Crippen LogP contribution >= 0.6 is 0 Å². The van der Waals surface area contributed by atoms with E-state index in [1.165, 1.54) is 23.0 Å². The molecule has 2 aromatic heterocycles. The summed E-state index contributed by atoms with van der Waals surface area (Å²) >= 11 is 0. The highest BCUT2D eigenvalue weighted by Gasteiger charge is 2.25. The Bertz CT molecular complexity index is 924. The van der Waals surface area contributed by atoms with Gasteiger partial charge in [-0.2, -0.15) is 5.10 Å². The Morgan fingerprint density at radius 2 is 2.04 bits per heavy atom. The summed E-state index contributed by atoms with van der Waals surface area (Å²) in [4.78, 5) is 0. The van der Waals surface area contributed by atoms with Gasteiger partial charge in [0, 0.05) is 24.2 Å². The van der Waals surface area contributed by atoms with Crippen molar-refractivity contribution in [2.24, 2.45) is 12.2 Å². The van der Waals surface area contributed by atoms with Gasteiger partial charge in [-0.1, -0.05) is 10.3 Å². The van der Waals surface area contributed by atoms with Crippen LogP contribution in [0.3, 0.4) is 0 Å². The smallest absolute Gasteiger partial charge is 0.141 e. The molecule has 8 heteroatoms. The Balaban J connectivity index is 2.37. The minimum absolute atomic E-state index is 0.178. The second kappa shape index (κ2) is 5.80. The number of hydrogen-bond acceptors (Lipinski definition) is 6. The quantitative estimate of drug-likeness (QED) is 0.437. The van der Waals surface area contributed by atoms with Gasteiger partial charge in [-0.05, 0) is 26.0 Å². The minimum atomic E-state index is -0.617. The molecule has 0 aliphatic rings. The van der Waals surface area contributed by atoms with Gasteiger partial charge in [-0.15, -0.1) is 0 Å². The SMILES string of the molecule is Cc1noc(C)c1-c1c(-c2ccc(O)cc2F)nn(C)c1/C=N/O. The van der Waals surface area contributed by atoms with Crippen LogP contribution in [0.15, 0.2) is 27.9 Å². The van der Waals surface area contributed by atoms with Crippen molar-refractivity contribution in [3.05, 3.63) is 41.2 Å². The maximum absolute atomic E-state index is 14.4. The lowest BCUT2D eigenvalue weighted by Gasteiger charge is -2.05. The summed E-state index contributed by atoms with van der Waals surface area (Å²) in [7, 11) is 1.65. The van der Waals surface area contributed by atoms with Crippen molar-refractivity contribution >= 4 is 6.21 Å². The maximum Gasteiger partial charge on any atom is 0.141 e. The van der Waals surface area contributed by atoms with Crippen molar-refractivity contribution in [3.63, 3.8) is 0 Å². The van der Waals surface area contributed by atoms with Crippen LogP contribution in [0.25, 0.3) is 22.4 Å². The van der Waals surface area contributed by atoms with E-state index < -0.39 is 5.82 Å². The summed E-state index contributed by atoms with van der Waals surface area (Å²) in [5.74, 6) is -0.259. The van der Waals surface area contributed by atoms with Crippen LogP contribution in [0.1, 0.15) is 17.1 Å². The molecule has 2 heterocycles. The van der Waals surface area contributed by atoms with Crippen molar-refractivity contribution in [2.75, 3.05) is 0 Å². The molecule has 0 fully saturated rings. The largest absolute Gasteiger partial charge is 0.508 e. The van der Waals surface area contributed by atoms with E-state index in [1.54, 1.807) is 20.9 Å². The Hall–Kier alpha value is -3.16. The first-order valence-corrected chi connectivity index (χ1v) is 7.10. The second-order valence-electron chi connectivity index (χ2n) is 5.34. The van der Waals surface area contributed by atoms with E-state index in [1.807, 2.05) is 0 Å². The molecule has 3 rings (SSSR count). The van der Waals surface area contributed by atoms with Gasteiger partial charge < -0.3 is 14.8 Å². The second-order valence-corrected chi connectivity index (χ2v) is 5.34. The number of aromatic nitrogens is 3. The number of oxime groups is 1. The Kier molecular flexibility index (Phi) is 3.80. The first-order valence-electron chi connectivity index (χ1n) is 7.10. The van der Waals surface area contributed by atoms with Gasteiger partial charge in [-0.3, -0.25) is 4.68 Å². The third-order valence-corrected chi connectivity index (χ3v) is 3.76. The molecule has 24 heavy (non-hydrogen) atoms. The number of benzene rings is 1. The molecule has 0 unspecified atom stereocenters. The average molecular weight is 330 g/mol. The van der Waals surface area contributed by atoms with E-state index in [4.69, 9.17) is 9.73 Å². The highest BCUT2D eigenvalue weighted by atomic mass is 19.1. The molecule has 0 radical (unpaired) electrons. The van der Waals surface area contributed by atoms with E-state index in [9.17, 15) is 9.50 Å². The number of phenolic OH excluding ortho intramolecular Hbond substituents is 1. The Morgan fingerprint density at radius 1 is 1.29 bits per heavy atom. The molecular weight excluding hydrogens is 315 g/mol. The number of aryl methyl sites for hydroxylation is 3. The van der Waals surface area contributed by atoms with Crippen LogP contribution in [-0.2, 0) is 7.05 Å². The molecule has 0 aliphatic carbocycles. The molecule has 0 atom stereocenters. The summed E-state index contributed by atoms with van der Waals surface area (Å²) in [6.07, 6.45) is 1.22. The zero-order valence-electron chi connectivity index (χ0n) is 13.3. The van der Waals surface area contributed by atoms with Crippen LogP contribution in [-0.4, -0.2) is 31.5 Å². The summed E-state index contributed by atoms with van der Waals surface area (Å²) in [6.45, 7) is 3.49. The summed E-state index contributed by atoms with van der Waals surface area (Å²) < 4.78 is 21.0. The zero-order valence-corrected chi connectivity index (χ0v) is 13.3. The van der Waals surface area contributed by atoms with Crippen molar-refractivity contribution in [3.8, 4) is 28.1 Å². The first kappa shape index (κ1) is 15.7. The Morgan fingerprint density at radius 3 is 2.62 bits per heavy atom. The molecule has 0 bridgehead atoms. The lowest BCUT2D eigenvalue weighted by molar-refractivity contribution is 0.321. The fraction of sp³-hybridized carbons (Fsp3) is 0.188. The van der Waals surface area contributed by atoms with Gasteiger partial charge in [-0.25, -0.2) is 4.39 Å². The van der Waals surface area contributed by atoms with Crippen LogP contribution in [0.5, 0.6) is 5.75 Å². The molecule has 3 aromatic rings. The number of aromatic hydroxyl groups is 1. The number of hydrogen-bond donors (Lipinski definition) is 2. The molecule has 0 amide bonds. The third kappa shape index (κ3) is 2.41. The van der Waals surface area contributed by atoms with Crippen molar-refractivity contribution in [1.82, 2.24) is 14.9 Å². The number of phenols is 1. The predicted octanol–water partition coefficient (Wildman–Crippen LogP) is 3.01. The molecule has 1 aromatic carbocycles. The van der Waals surface area contributed by atoms with Gasteiger partial charge in [0.15, 0.2) is 0 Å². The molecule has 0 saturated heterocycles. The third-order valence-electron chi connectivity index (χ3n) is 3.76. The van der Waals surface area contributed by atoms with E-state index >= 15 is 0 Å². The fourth-order valence-corrected chi connectivity index (χ4v) is 2.71. The normalized spacial score (nSPS) is 11.5. The summed E-state index contributed by atoms with van der Waals surface area (Å²) in [5, 5.41) is 29.7. The van der Waals surface area contributed by atoms with Crippen LogP contribution in [0, 0.1) is 19.7 Å². The lowest BCUT2D eigenvalue weighted by Crippen LogP contribution is -1.98. The average Bonchev–Trinajstić information content (AvgIpc) is 3.00. The molecule has 124 valence electrons. The first-order chi connectivity index (χ1) is 11.4. The summed E-state index contributed by atoms with van der Waals surface area (Å²) in [5.41, 5.74) is 2.80. The topological polar surface area (TPSA) is 96.7 Å². The molecule has 0 aliphatic heterocycles. The van der Waals surface area contributed by atoms with Crippen LogP contribution in [0.2, 0.25) is 0 Å². The molecule has 0 spiro atoms. The standard InChI is InChI=1S/C16H15FN4O3/c1-8-14(9(2)24-20-8)15-13(7-18-23)21(3)19-16(15)11-5-4-10(22)6-12(11)17/h4-7,22-23H,1-3H3/b18-7+. The predicted molar refractivity (Wildman–Crippen MR) is 84.6 cm³/mol. The zero-order chi connectivity index (χ0) is 17.4. The molecular formula is C16H15FN4O3. The fourth-order valence-electron chi connectivity index (χ4n) is 2.71. The highest BCUT2D eigenvalue weighted by molar-refractivity contribution is 5.96. The van der Waals surface area contributed by atoms with Crippen LogP contribution in [0.4, 0.5) is 4.39 Å². The minimum Gasteiger partial charge on any atom is -0.508 e. The van der Waals surface area contributed by atoms with Crippen LogP contribution < -0.4 is 0 Å². The molecule has 2 N–H and O–H groups in total. The molecule has 0 saturated carbocycles. The van der Waals surface area contributed by atoms with Gasteiger partial charge in [0.25, 0.3) is 0 Å². The van der Waals surface area contributed by atoms with Gasteiger partial charge in [0.1, 0.15) is 23.0 Å². The van der Waals surface area contributed by atoms with Gasteiger partial charge in [0.05, 0.1) is 23.2 Å². The van der Waals surface area contributed by atoms with E-state index in [0.29, 0.717) is 34.0 Å². The number of halogens is 1. The lowest BCUT2D eigenvalue weighted by atomic mass is 9.97. The summed E-state index contributed by atoms with van der Waals surface area (Å²) in [6, 6.07) is 3.83. The Labute approximate surface area is 136 Å².